The van der Waals surface area contributed by atoms with Crippen molar-refractivity contribution >= 4 is 23.2 Å². The van der Waals surface area contributed by atoms with Gasteiger partial charge >= 0.3 is 0 Å². The number of allylic oxidation sites excluding steroid dienone is 1. The Morgan fingerprint density at radius 3 is 1.96 bits per heavy atom. The summed E-state index contributed by atoms with van der Waals surface area (Å²) in [6.45, 7) is 3.27. The Balaban J connectivity index is 1.79. The molecule has 0 bridgehead atoms. The van der Waals surface area contributed by atoms with Gasteiger partial charge in [-0.15, -0.1) is 0 Å². The predicted molar refractivity (Wildman–Crippen MR) is 106 cm³/mol. The minimum atomic E-state index is -0.233. The SMILES string of the molecule is CC/C(=C/C(=O)NC(=S)NCc1ccccc1)NCc1ccccc1. The van der Waals surface area contributed by atoms with E-state index < -0.39 is 0 Å². The number of hydrogen-bond acceptors (Lipinski definition) is 3. The fourth-order valence-corrected chi connectivity index (χ4v) is 2.39. The van der Waals surface area contributed by atoms with Crippen molar-refractivity contribution in [1.82, 2.24) is 16.0 Å². The normalized spacial score (nSPS) is 10.8. The average Bonchev–Trinajstić information content (AvgIpc) is 2.65. The summed E-state index contributed by atoms with van der Waals surface area (Å²) in [4.78, 5) is 12.1. The lowest BCUT2D eigenvalue weighted by molar-refractivity contribution is -0.115. The number of benzene rings is 2. The van der Waals surface area contributed by atoms with Crippen LogP contribution in [0.1, 0.15) is 24.5 Å². The second kappa shape index (κ2) is 10.3. The quantitative estimate of drug-likeness (QED) is 0.528. The Hall–Kier alpha value is -2.66. The second-order valence-corrected chi connectivity index (χ2v) is 5.93. The topological polar surface area (TPSA) is 53.2 Å². The van der Waals surface area contributed by atoms with E-state index in [4.69, 9.17) is 12.2 Å². The molecule has 1 amide bonds. The van der Waals surface area contributed by atoms with E-state index in [-0.39, 0.29) is 5.91 Å². The van der Waals surface area contributed by atoms with Crippen LogP contribution in [0.2, 0.25) is 0 Å². The van der Waals surface area contributed by atoms with Gasteiger partial charge in [0, 0.05) is 24.9 Å². The molecule has 0 spiro atoms. The molecule has 25 heavy (non-hydrogen) atoms. The third-order valence-corrected chi connectivity index (χ3v) is 3.83. The van der Waals surface area contributed by atoms with Gasteiger partial charge < -0.3 is 10.6 Å². The summed E-state index contributed by atoms with van der Waals surface area (Å²) in [7, 11) is 0. The predicted octanol–water partition coefficient (Wildman–Crippen LogP) is 3.26. The molecule has 5 heteroatoms. The third-order valence-electron chi connectivity index (χ3n) is 3.58. The summed E-state index contributed by atoms with van der Waals surface area (Å²) < 4.78 is 0. The lowest BCUT2D eigenvalue weighted by Gasteiger charge is -2.11. The number of hydrogen-bond donors (Lipinski definition) is 3. The third kappa shape index (κ3) is 7.18. The van der Waals surface area contributed by atoms with E-state index in [2.05, 4.69) is 16.0 Å². The van der Waals surface area contributed by atoms with Crippen LogP contribution in [0.15, 0.2) is 72.4 Å². The lowest BCUT2D eigenvalue weighted by atomic mass is 10.2. The van der Waals surface area contributed by atoms with Crippen LogP contribution in [-0.4, -0.2) is 11.0 Å². The Kier molecular flexibility index (Phi) is 7.66. The first-order valence-electron chi connectivity index (χ1n) is 8.28. The molecule has 0 fully saturated rings. The average molecular weight is 353 g/mol. The molecule has 2 aromatic rings. The first-order chi connectivity index (χ1) is 12.2. The molecule has 4 nitrogen and oxygen atoms in total. The first kappa shape index (κ1) is 18.7. The minimum Gasteiger partial charge on any atom is -0.384 e. The molecule has 0 radical (unpaired) electrons. The van der Waals surface area contributed by atoms with Gasteiger partial charge in [0.1, 0.15) is 0 Å². The van der Waals surface area contributed by atoms with Crippen molar-refractivity contribution in [1.29, 1.82) is 0 Å². The number of carbonyl (C=O) groups excluding carboxylic acids is 1. The lowest BCUT2D eigenvalue weighted by Crippen LogP contribution is -2.38. The Bertz CT molecular complexity index is 714. The number of thiocarbonyl (C=S) groups is 1. The highest BCUT2D eigenvalue weighted by molar-refractivity contribution is 7.80. The molecule has 0 atom stereocenters. The number of amides is 1. The number of carbonyl (C=O) groups is 1. The van der Waals surface area contributed by atoms with Crippen molar-refractivity contribution < 1.29 is 4.79 Å². The van der Waals surface area contributed by atoms with Gasteiger partial charge in [0.25, 0.3) is 5.91 Å². The van der Waals surface area contributed by atoms with Gasteiger partial charge in [-0.3, -0.25) is 10.1 Å². The zero-order valence-electron chi connectivity index (χ0n) is 14.3. The van der Waals surface area contributed by atoms with Gasteiger partial charge in [-0.1, -0.05) is 67.6 Å². The highest BCUT2D eigenvalue weighted by atomic mass is 32.1. The van der Waals surface area contributed by atoms with Crippen molar-refractivity contribution in [2.75, 3.05) is 0 Å². The fraction of sp³-hybridized carbons (Fsp3) is 0.200. The zero-order chi connectivity index (χ0) is 17.9. The van der Waals surface area contributed by atoms with Crippen molar-refractivity contribution in [3.05, 3.63) is 83.6 Å². The Morgan fingerprint density at radius 2 is 1.44 bits per heavy atom. The second-order valence-electron chi connectivity index (χ2n) is 5.52. The largest absolute Gasteiger partial charge is 0.384 e. The molecule has 0 aliphatic rings. The van der Waals surface area contributed by atoms with E-state index in [0.717, 1.165) is 17.7 Å². The zero-order valence-corrected chi connectivity index (χ0v) is 15.1. The maximum absolute atomic E-state index is 12.1. The summed E-state index contributed by atoms with van der Waals surface area (Å²) in [6.07, 6.45) is 2.30. The van der Waals surface area contributed by atoms with E-state index in [0.29, 0.717) is 18.2 Å². The minimum absolute atomic E-state index is 0.233. The van der Waals surface area contributed by atoms with Crippen LogP contribution in [0.4, 0.5) is 0 Å². The van der Waals surface area contributed by atoms with Crippen LogP contribution >= 0.6 is 12.2 Å². The molecule has 130 valence electrons. The first-order valence-corrected chi connectivity index (χ1v) is 8.69. The molecular weight excluding hydrogens is 330 g/mol. The van der Waals surface area contributed by atoms with E-state index in [1.165, 1.54) is 5.56 Å². The van der Waals surface area contributed by atoms with E-state index in [1.807, 2.05) is 67.6 Å². The molecule has 0 saturated carbocycles. The maximum atomic E-state index is 12.1. The van der Waals surface area contributed by atoms with Gasteiger partial charge in [-0.25, -0.2) is 0 Å². The summed E-state index contributed by atoms with van der Waals surface area (Å²) >= 11 is 5.17. The highest BCUT2D eigenvalue weighted by Crippen LogP contribution is 2.02. The molecule has 0 heterocycles. The highest BCUT2D eigenvalue weighted by Gasteiger charge is 2.04. The molecule has 0 unspecified atom stereocenters. The smallest absolute Gasteiger partial charge is 0.251 e. The summed E-state index contributed by atoms with van der Waals surface area (Å²) in [5.41, 5.74) is 3.14. The standard InChI is InChI=1S/C20H23N3OS/c1-2-18(21-14-16-9-5-3-6-10-16)13-19(24)23-20(25)22-15-17-11-7-4-8-12-17/h3-13,21H,2,14-15H2,1H3,(H2,22,23,24,25)/b18-13-. The van der Waals surface area contributed by atoms with E-state index in [9.17, 15) is 4.79 Å². The molecule has 3 N–H and O–H groups in total. The van der Waals surface area contributed by atoms with Gasteiger partial charge in [-0.2, -0.15) is 0 Å². The molecule has 0 aromatic heterocycles. The van der Waals surface area contributed by atoms with Crippen LogP contribution in [0.25, 0.3) is 0 Å². The van der Waals surface area contributed by atoms with Crippen molar-refractivity contribution in [3.8, 4) is 0 Å². The van der Waals surface area contributed by atoms with Crippen LogP contribution in [-0.2, 0) is 17.9 Å². The molecular formula is C20H23N3OS. The summed E-state index contributed by atoms with van der Waals surface area (Å²) in [5, 5.41) is 9.31. The van der Waals surface area contributed by atoms with Gasteiger partial charge in [0.05, 0.1) is 0 Å². The van der Waals surface area contributed by atoms with Crippen molar-refractivity contribution in [3.63, 3.8) is 0 Å². The van der Waals surface area contributed by atoms with E-state index >= 15 is 0 Å². The van der Waals surface area contributed by atoms with E-state index in [1.54, 1.807) is 6.08 Å². The fourth-order valence-electron chi connectivity index (χ4n) is 2.22. The molecule has 0 aliphatic carbocycles. The Morgan fingerprint density at radius 1 is 0.920 bits per heavy atom. The monoisotopic (exact) mass is 353 g/mol. The summed E-state index contributed by atoms with van der Waals surface area (Å²) in [5.74, 6) is -0.233. The Labute approximate surface area is 154 Å². The van der Waals surface area contributed by atoms with Crippen molar-refractivity contribution in [2.24, 2.45) is 0 Å². The maximum Gasteiger partial charge on any atom is 0.251 e. The molecule has 0 aliphatic heterocycles. The molecule has 2 rings (SSSR count). The number of rotatable bonds is 7. The van der Waals surface area contributed by atoms with Gasteiger partial charge in [0.2, 0.25) is 0 Å². The van der Waals surface area contributed by atoms with Crippen LogP contribution in [0.5, 0.6) is 0 Å². The van der Waals surface area contributed by atoms with Gasteiger partial charge in [0.15, 0.2) is 5.11 Å². The van der Waals surface area contributed by atoms with Crippen LogP contribution < -0.4 is 16.0 Å². The number of nitrogens with one attached hydrogen (secondary N) is 3. The molecule has 2 aromatic carbocycles. The van der Waals surface area contributed by atoms with Crippen LogP contribution in [0.3, 0.4) is 0 Å². The van der Waals surface area contributed by atoms with Crippen molar-refractivity contribution in [2.45, 2.75) is 26.4 Å². The van der Waals surface area contributed by atoms with Gasteiger partial charge in [-0.05, 0) is 29.8 Å². The summed E-state index contributed by atoms with van der Waals surface area (Å²) in [6, 6.07) is 20.0. The molecule has 0 saturated heterocycles. The van der Waals surface area contributed by atoms with Crippen LogP contribution in [0, 0.1) is 0 Å².